The maximum Gasteiger partial charge on any atom is 0.516 e. The fraction of sp³-hybridized carbons (Fsp3) is 0.192. The molecule has 41 heavy (non-hydrogen) atoms. The number of aryl methyl sites for hydroxylation is 1. The number of aromatic nitrogens is 3. The molecule has 0 fully saturated rings. The first kappa shape index (κ1) is 28.1. The molecule has 5 N–H and O–H groups in total. The van der Waals surface area contributed by atoms with Crippen molar-refractivity contribution in [2.45, 2.75) is 31.2 Å². The van der Waals surface area contributed by atoms with Crippen LogP contribution in [0.15, 0.2) is 82.8 Å². The fourth-order valence-corrected chi connectivity index (χ4v) is 5.11. The molecule has 4 aromatic rings. The number of nitrogens with two attached hydrogens (primary N) is 1. The van der Waals surface area contributed by atoms with E-state index in [0.29, 0.717) is 17.0 Å². The van der Waals surface area contributed by atoms with Gasteiger partial charge in [-0.2, -0.15) is 26.7 Å². The predicted octanol–water partition coefficient (Wildman–Crippen LogP) is 2.99. The molecule has 11 nitrogen and oxygen atoms in total. The summed E-state index contributed by atoms with van der Waals surface area (Å²) in [5, 5.41) is 10.7. The van der Waals surface area contributed by atoms with Gasteiger partial charge in [0.15, 0.2) is 11.6 Å². The molecule has 0 spiro atoms. The average Bonchev–Trinajstić information content (AvgIpc) is 3.29. The summed E-state index contributed by atoms with van der Waals surface area (Å²) in [6, 6.07) is 15.3. The maximum atomic E-state index is 13.7. The summed E-state index contributed by atoms with van der Waals surface area (Å²) in [4.78, 5) is 18.0. The second-order valence-electron chi connectivity index (χ2n) is 9.37. The summed E-state index contributed by atoms with van der Waals surface area (Å²) in [7, 11) is -5.64. The van der Waals surface area contributed by atoms with Gasteiger partial charge in [0.05, 0.1) is 18.1 Å². The fourth-order valence-electron chi connectivity index (χ4n) is 4.55. The van der Waals surface area contributed by atoms with E-state index in [9.17, 15) is 26.4 Å². The number of para-hydroxylation sites is 1. The van der Waals surface area contributed by atoms with E-state index in [0.717, 1.165) is 5.56 Å². The van der Waals surface area contributed by atoms with Gasteiger partial charge in [0.2, 0.25) is 0 Å². The van der Waals surface area contributed by atoms with Crippen LogP contribution in [-0.4, -0.2) is 40.2 Å². The van der Waals surface area contributed by atoms with Crippen molar-refractivity contribution in [3.63, 3.8) is 0 Å². The van der Waals surface area contributed by atoms with E-state index < -0.39 is 27.4 Å². The molecular formula is C26H25F3N8O3S. The van der Waals surface area contributed by atoms with Crippen LogP contribution in [-0.2, 0) is 10.0 Å². The number of anilines is 1. The van der Waals surface area contributed by atoms with Crippen molar-refractivity contribution in [3.05, 3.63) is 100 Å². The molecule has 3 heterocycles. The lowest BCUT2D eigenvalue weighted by Gasteiger charge is -2.34. The van der Waals surface area contributed by atoms with Gasteiger partial charge < -0.3 is 5.32 Å². The van der Waals surface area contributed by atoms with Crippen LogP contribution >= 0.6 is 0 Å². The molecule has 0 saturated carbocycles. The molecule has 214 valence electrons. The average molecular weight is 587 g/mol. The highest BCUT2D eigenvalue weighted by atomic mass is 32.2. The number of alkyl halides is 3. The van der Waals surface area contributed by atoms with E-state index in [-0.39, 0.29) is 22.4 Å². The molecule has 0 radical (unpaired) electrons. The lowest BCUT2D eigenvalue weighted by Crippen LogP contribution is -2.56. The molecule has 2 aromatic heterocycles. The van der Waals surface area contributed by atoms with Gasteiger partial charge in [-0.15, -0.1) is 0 Å². The molecule has 0 amide bonds. The summed E-state index contributed by atoms with van der Waals surface area (Å²) < 4.78 is 66.6. The number of fused-ring (bicyclic) bond motifs is 1. The van der Waals surface area contributed by atoms with Crippen molar-refractivity contribution >= 4 is 33.1 Å². The SMILES string of the molecule is Cc1ccn2nc(C(C)N[C@]3(N)N=CNC=C3c3cccc(NS(=O)(=O)C(F)(F)F)c3)n(-c3ccccc3)c(=O)c12. The van der Waals surface area contributed by atoms with Crippen LogP contribution in [0.3, 0.4) is 0 Å². The first-order chi connectivity index (χ1) is 19.3. The van der Waals surface area contributed by atoms with Crippen molar-refractivity contribution in [2.75, 3.05) is 4.72 Å². The van der Waals surface area contributed by atoms with Gasteiger partial charge in [-0.3, -0.25) is 25.1 Å². The highest BCUT2D eigenvalue weighted by molar-refractivity contribution is 7.93. The minimum Gasteiger partial charge on any atom is -0.352 e. The summed E-state index contributed by atoms with van der Waals surface area (Å²) in [5.74, 6) is -1.35. The Kier molecular flexibility index (Phi) is 6.97. The van der Waals surface area contributed by atoms with Crippen LogP contribution in [0, 0.1) is 6.92 Å². The van der Waals surface area contributed by atoms with Crippen molar-refractivity contribution in [1.82, 2.24) is 24.8 Å². The minimum atomic E-state index is -5.64. The quantitative estimate of drug-likeness (QED) is 0.244. The normalized spacial score (nSPS) is 18.1. The smallest absolute Gasteiger partial charge is 0.352 e. The van der Waals surface area contributed by atoms with E-state index >= 15 is 0 Å². The lowest BCUT2D eigenvalue weighted by atomic mass is 9.98. The number of sulfonamides is 1. The minimum absolute atomic E-state index is 0.281. The number of nitrogens with zero attached hydrogens (tertiary/aromatic N) is 4. The topological polar surface area (TPSA) is 148 Å². The zero-order chi connectivity index (χ0) is 29.6. The number of nitrogens with one attached hydrogen (secondary N) is 3. The summed E-state index contributed by atoms with van der Waals surface area (Å²) in [5.41, 5.74) is 2.91. The number of hydrogen-bond acceptors (Lipinski definition) is 8. The van der Waals surface area contributed by atoms with E-state index in [1.54, 1.807) is 49.5 Å². The van der Waals surface area contributed by atoms with Crippen LogP contribution in [0.1, 0.15) is 29.9 Å². The standard InChI is InChI=1S/C26H25F3N8O3S/c1-16-11-12-36-22(16)24(38)37(20-9-4-3-5-10-20)23(34-36)17(2)33-25(30)21(14-31-15-32-25)18-7-6-8-19(13-18)35-41(39,40)26(27,28)29/h3-15,17,33,35H,30H2,1-2H3,(H,31,32)/t17?,25-/m1/s1. The molecular weight excluding hydrogens is 561 g/mol. The first-order valence-corrected chi connectivity index (χ1v) is 13.7. The van der Waals surface area contributed by atoms with Gasteiger partial charge in [-0.25, -0.2) is 9.51 Å². The van der Waals surface area contributed by atoms with Crippen LogP contribution in [0.5, 0.6) is 0 Å². The van der Waals surface area contributed by atoms with Gasteiger partial charge in [0, 0.05) is 23.7 Å². The van der Waals surface area contributed by atoms with Gasteiger partial charge in [-0.1, -0.05) is 30.3 Å². The second kappa shape index (κ2) is 10.2. The zero-order valence-electron chi connectivity index (χ0n) is 21.7. The Bertz CT molecular complexity index is 1850. The number of aliphatic imine (C=N–C) groups is 1. The monoisotopic (exact) mass is 586 g/mol. The highest BCUT2D eigenvalue weighted by Gasteiger charge is 2.46. The molecule has 2 atom stereocenters. The van der Waals surface area contributed by atoms with Crippen LogP contribution in [0.2, 0.25) is 0 Å². The van der Waals surface area contributed by atoms with Crippen LogP contribution < -0.4 is 26.6 Å². The van der Waals surface area contributed by atoms with Crippen LogP contribution in [0.4, 0.5) is 18.9 Å². The van der Waals surface area contributed by atoms with Crippen molar-refractivity contribution in [3.8, 4) is 5.69 Å². The third kappa shape index (κ3) is 5.21. The van der Waals surface area contributed by atoms with E-state index in [2.05, 4.69) is 15.6 Å². The largest absolute Gasteiger partial charge is 0.516 e. The zero-order valence-corrected chi connectivity index (χ0v) is 22.5. The third-order valence-electron chi connectivity index (χ3n) is 6.46. The molecule has 15 heteroatoms. The number of hydrogen-bond donors (Lipinski definition) is 4. The Morgan fingerprint density at radius 2 is 1.83 bits per heavy atom. The van der Waals surface area contributed by atoms with Gasteiger partial charge in [0.25, 0.3) is 5.56 Å². The van der Waals surface area contributed by atoms with Crippen LogP contribution in [0.25, 0.3) is 16.8 Å². The Balaban J connectivity index is 1.54. The summed E-state index contributed by atoms with van der Waals surface area (Å²) >= 11 is 0. The molecule has 0 bridgehead atoms. The summed E-state index contributed by atoms with van der Waals surface area (Å²) in [6.07, 6.45) is 4.49. The van der Waals surface area contributed by atoms with E-state index in [1.165, 1.54) is 44.5 Å². The number of benzene rings is 2. The molecule has 1 unspecified atom stereocenters. The molecule has 5 rings (SSSR count). The van der Waals surface area contributed by atoms with Crippen molar-refractivity contribution in [2.24, 2.45) is 10.7 Å². The molecule has 2 aromatic carbocycles. The summed E-state index contributed by atoms with van der Waals surface area (Å²) in [6.45, 7) is 3.55. The lowest BCUT2D eigenvalue weighted by molar-refractivity contribution is -0.0429. The Morgan fingerprint density at radius 1 is 1.10 bits per heavy atom. The Hall–Kier alpha value is -4.47. The van der Waals surface area contributed by atoms with Crippen molar-refractivity contribution < 1.29 is 21.6 Å². The third-order valence-corrected chi connectivity index (χ3v) is 7.58. The Morgan fingerprint density at radius 3 is 2.54 bits per heavy atom. The predicted molar refractivity (Wildman–Crippen MR) is 149 cm³/mol. The number of halogens is 3. The van der Waals surface area contributed by atoms with E-state index in [4.69, 9.17) is 10.8 Å². The number of rotatable bonds is 7. The Labute approximate surface area is 232 Å². The van der Waals surface area contributed by atoms with Gasteiger partial charge in [0.1, 0.15) is 5.52 Å². The highest BCUT2D eigenvalue weighted by Crippen LogP contribution is 2.32. The maximum absolute atomic E-state index is 13.7. The second-order valence-corrected chi connectivity index (χ2v) is 11.0. The van der Waals surface area contributed by atoms with Gasteiger partial charge >= 0.3 is 15.5 Å². The molecule has 1 aliphatic rings. The first-order valence-electron chi connectivity index (χ1n) is 12.2. The van der Waals surface area contributed by atoms with Crippen molar-refractivity contribution in [1.29, 1.82) is 0 Å². The molecule has 0 saturated heterocycles. The molecule has 0 aliphatic carbocycles. The molecule has 1 aliphatic heterocycles. The van der Waals surface area contributed by atoms with Gasteiger partial charge in [-0.05, 0) is 55.3 Å². The van der Waals surface area contributed by atoms with E-state index in [1.807, 2.05) is 13.0 Å².